The van der Waals surface area contributed by atoms with E-state index >= 15 is 0 Å². The first-order valence-electron chi connectivity index (χ1n) is 2.94. The molecular weight excluding hydrogens is 197 g/mol. The Balaban J connectivity index is 2.75. The van der Waals surface area contributed by atoms with Gasteiger partial charge in [0.2, 0.25) is 0 Å². The largest absolute Gasteiger partial charge is 0.264 e. The number of alkyl halides is 2. The van der Waals surface area contributed by atoms with Gasteiger partial charge in [-0.25, -0.2) is 4.39 Å². The summed E-state index contributed by atoms with van der Waals surface area (Å²) < 4.78 is 12.8. The van der Waals surface area contributed by atoms with Crippen molar-refractivity contribution in [3.63, 3.8) is 0 Å². The highest BCUT2D eigenvalue weighted by molar-refractivity contribution is 9.09. The minimum Gasteiger partial charge on any atom is -0.264 e. The molecule has 0 bridgehead atoms. The molecule has 54 valence electrons. The quantitative estimate of drug-likeness (QED) is 0.674. The summed E-state index contributed by atoms with van der Waals surface area (Å²) in [7, 11) is 0. The Labute approximate surface area is 67.4 Å². The van der Waals surface area contributed by atoms with Crippen LogP contribution in [0.1, 0.15) is 11.7 Å². The lowest BCUT2D eigenvalue weighted by Gasteiger charge is -2.01. The second-order valence-electron chi connectivity index (χ2n) is 1.91. The summed E-state index contributed by atoms with van der Waals surface area (Å²) in [4.78, 5) is 3.79. The fourth-order valence-electron chi connectivity index (χ4n) is 0.650. The summed E-state index contributed by atoms with van der Waals surface area (Å²) in [5.74, 6) is 0. The molecule has 0 aromatic carbocycles. The Hall–Kier alpha value is -0.440. The summed E-state index contributed by atoms with van der Waals surface area (Å²) in [5, 5.41) is 0.332. The highest BCUT2D eigenvalue weighted by Crippen LogP contribution is 2.17. The van der Waals surface area contributed by atoms with Gasteiger partial charge in [-0.1, -0.05) is 22.0 Å². The summed E-state index contributed by atoms with van der Waals surface area (Å²) >= 11 is 3.05. The van der Waals surface area contributed by atoms with E-state index in [-0.39, 0.29) is 0 Å². The van der Waals surface area contributed by atoms with Crippen molar-refractivity contribution in [3.8, 4) is 0 Å². The van der Waals surface area contributed by atoms with Crippen LogP contribution >= 0.6 is 15.9 Å². The molecule has 10 heavy (non-hydrogen) atoms. The summed E-state index contributed by atoms with van der Waals surface area (Å²) in [6.07, 6.45) is 2.23. The van der Waals surface area contributed by atoms with E-state index in [1.165, 1.54) is 6.20 Å². The third kappa shape index (κ3) is 1.77. The van der Waals surface area contributed by atoms with Crippen molar-refractivity contribution in [2.75, 3.05) is 5.33 Å². The fraction of sp³-hybridized carbons (Fsp3) is 0.286. The van der Waals surface area contributed by atoms with Crippen LogP contribution < -0.4 is 0 Å². The SMILES string of the molecule is FC(CBr)c1cccnc1. The molecule has 0 N–H and O–H groups in total. The average molecular weight is 204 g/mol. The molecule has 1 unspecified atom stereocenters. The first-order valence-corrected chi connectivity index (χ1v) is 4.06. The fourth-order valence-corrected chi connectivity index (χ4v) is 1.02. The van der Waals surface area contributed by atoms with Crippen LogP contribution in [0, 0.1) is 0 Å². The molecule has 1 aromatic rings. The van der Waals surface area contributed by atoms with Crippen molar-refractivity contribution in [2.24, 2.45) is 0 Å². The molecule has 0 fully saturated rings. The van der Waals surface area contributed by atoms with Gasteiger partial charge in [0.15, 0.2) is 0 Å². The zero-order chi connectivity index (χ0) is 7.40. The van der Waals surface area contributed by atoms with Crippen LogP contribution in [0.25, 0.3) is 0 Å². The Morgan fingerprint density at radius 1 is 1.70 bits per heavy atom. The summed E-state index contributed by atoms with van der Waals surface area (Å²) in [5.41, 5.74) is 0.624. The molecule has 0 spiro atoms. The van der Waals surface area contributed by atoms with Gasteiger partial charge in [0.1, 0.15) is 6.17 Å². The molecule has 0 saturated carbocycles. The van der Waals surface area contributed by atoms with Crippen molar-refractivity contribution in [3.05, 3.63) is 30.1 Å². The lowest BCUT2D eigenvalue weighted by atomic mass is 10.2. The predicted octanol–water partition coefficient (Wildman–Crippen LogP) is 2.49. The third-order valence-corrected chi connectivity index (χ3v) is 1.75. The van der Waals surface area contributed by atoms with Gasteiger partial charge in [-0.2, -0.15) is 0 Å². The van der Waals surface area contributed by atoms with Crippen LogP contribution in [0.2, 0.25) is 0 Å². The number of halogens is 2. The van der Waals surface area contributed by atoms with Crippen molar-refractivity contribution >= 4 is 15.9 Å². The van der Waals surface area contributed by atoms with Gasteiger partial charge < -0.3 is 0 Å². The van der Waals surface area contributed by atoms with E-state index in [0.717, 1.165) is 0 Å². The molecule has 1 heterocycles. The van der Waals surface area contributed by atoms with E-state index in [4.69, 9.17) is 0 Å². The smallest absolute Gasteiger partial charge is 0.136 e. The van der Waals surface area contributed by atoms with Crippen LogP contribution in [0.4, 0.5) is 4.39 Å². The first-order chi connectivity index (χ1) is 4.84. The zero-order valence-corrected chi connectivity index (χ0v) is 6.88. The Morgan fingerprint density at radius 3 is 3.00 bits per heavy atom. The molecule has 0 aliphatic carbocycles. The molecule has 1 atom stereocenters. The maximum absolute atomic E-state index is 12.8. The van der Waals surface area contributed by atoms with E-state index in [2.05, 4.69) is 20.9 Å². The molecule has 0 radical (unpaired) electrons. The van der Waals surface area contributed by atoms with Crippen LogP contribution in [-0.2, 0) is 0 Å². The van der Waals surface area contributed by atoms with E-state index in [1.54, 1.807) is 18.3 Å². The molecule has 1 aromatic heterocycles. The summed E-state index contributed by atoms with van der Waals surface area (Å²) in [6, 6.07) is 3.45. The Bertz CT molecular complexity index is 190. The Kier molecular flexibility index (Phi) is 2.81. The van der Waals surface area contributed by atoms with E-state index in [0.29, 0.717) is 10.9 Å². The molecular formula is C7H7BrFN. The zero-order valence-electron chi connectivity index (χ0n) is 5.30. The van der Waals surface area contributed by atoms with E-state index in [9.17, 15) is 4.39 Å². The molecule has 0 amide bonds. The number of rotatable bonds is 2. The van der Waals surface area contributed by atoms with Crippen molar-refractivity contribution < 1.29 is 4.39 Å². The maximum Gasteiger partial charge on any atom is 0.136 e. The molecule has 3 heteroatoms. The average Bonchev–Trinajstić information content (AvgIpc) is 2.05. The molecule has 0 aliphatic heterocycles. The van der Waals surface area contributed by atoms with Crippen LogP contribution in [0.3, 0.4) is 0 Å². The molecule has 1 nitrogen and oxygen atoms in total. The second-order valence-corrected chi connectivity index (χ2v) is 2.56. The first kappa shape index (κ1) is 7.66. The lowest BCUT2D eigenvalue weighted by molar-refractivity contribution is 0.382. The second kappa shape index (κ2) is 3.66. The minimum absolute atomic E-state index is 0.332. The van der Waals surface area contributed by atoms with E-state index in [1.807, 2.05) is 0 Å². The highest BCUT2D eigenvalue weighted by Gasteiger charge is 2.05. The topological polar surface area (TPSA) is 12.9 Å². The van der Waals surface area contributed by atoms with Gasteiger partial charge in [0, 0.05) is 23.3 Å². The molecule has 0 aliphatic rings. The van der Waals surface area contributed by atoms with Crippen LogP contribution in [0.5, 0.6) is 0 Å². The number of hydrogen-bond donors (Lipinski definition) is 0. The minimum atomic E-state index is -0.936. The number of aromatic nitrogens is 1. The number of pyridine rings is 1. The van der Waals surface area contributed by atoms with Gasteiger partial charge in [0.05, 0.1) is 0 Å². The predicted molar refractivity (Wildman–Crippen MR) is 41.9 cm³/mol. The van der Waals surface area contributed by atoms with Gasteiger partial charge >= 0.3 is 0 Å². The monoisotopic (exact) mass is 203 g/mol. The van der Waals surface area contributed by atoms with Crippen LogP contribution in [0.15, 0.2) is 24.5 Å². The van der Waals surface area contributed by atoms with Crippen molar-refractivity contribution in [1.29, 1.82) is 0 Å². The van der Waals surface area contributed by atoms with Gasteiger partial charge in [-0.15, -0.1) is 0 Å². The Morgan fingerprint density at radius 2 is 2.50 bits per heavy atom. The highest BCUT2D eigenvalue weighted by atomic mass is 79.9. The van der Waals surface area contributed by atoms with Gasteiger partial charge in [0.25, 0.3) is 0 Å². The third-order valence-electron chi connectivity index (χ3n) is 1.18. The number of hydrogen-bond acceptors (Lipinski definition) is 1. The standard InChI is InChI=1S/C7H7BrFN/c8-4-7(9)6-2-1-3-10-5-6/h1-3,5,7H,4H2. The lowest BCUT2D eigenvalue weighted by Crippen LogP contribution is -1.91. The molecule has 0 saturated heterocycles. The normalized spacial score (nSPS) is 13.0. The summed E-state index contributed by atoms with van der Waals surface area (Å²) in [6.45, 7) is 0. The maximum atomic E-state index is 12.8. The van der Waals surface area contributed by atoms with Gasteiger partial charge in [-0.3, -0.25) is 4.98 Å². The van der Waals surface area contributed by atoms with Crippen molar-refractivity contribution in [2.45, 2.75) is 6.17 Å². The van der Waals surface area contributed by atoms with E-state index < -0.39 is 6.17 Å². The number of nitrogens with zero attached hydrogens (tertiary/aromatic N) is 1. The van der Waals surface area contributed by atoms with Crippen molar-refractivity contribution in [1.82, 2.24) is 4.98 Å². The van der Waals surface area contributed by atoms with Crippen LogP contribution in [-0.4, -0.2) is 10.3 Å². The molecule has 1 rings (SSSR count). The van der Waals surface area contributed by atoms with Gasteiger partial charge in [-0.05, 0) is 6.07 Å².